The Balaban J connectivity index is 1.58. The van der Waals surface area contributed by atoms with Crippen molar-refractivity contribution in [2.45, 2.75) is 18.2 Å². The lowest BCUT2D eigenvalue weighted by Gasteiger charge is -2.25. The van der Waals surface area contributed by atoms with Gasteiger partial charge in [-0.1, -0.05) is 60.7 Å². The Hall–Kier alpha value is -6.25. The number of nitrogens with one attached hydrogen (secondary N) is 1. The third-order valence-corrected chi connectivity index (χ3v) is 7.40. The van der Waals surface area contributed by atoms with Crippen molar-refractivity contribution >= 4 is 35.4 Å². The lowest BCUT2D eigenvalue weighted by atomic mass is 9.81. The van der Waals surface area contributed by atoms with Crippen molar-refractivity contribution in [3.63, 3.8) is 0 Å². The Morgan fingerprint density at radius 1 is 0.800 bits per heavy atom. The van der Waals surface area contributed by atoms with Gasteiger partial charge in [0.25, 0.3) is 11.8 Å². The van der Waals surface area contributed by atoms with Crippen molar-refractivity contribution in [2.75, 3.05) is 26.0 Å². The van der Waals surface area contributed by atoms with Crippen LogP contribution in [0.25, 0.3) is 11.1 Å². The summed E-state index contributed by atoms with van der Waals surface area (Å²) >= 11 is 0. The zero-order chi connectivity index (χ0) is 36.8. The van der Waals surface area contributed by atoms with E-state index in [2.05, 4.69) is 10.1 Å². The van der Waals surface area contributed by atoms with Gasteiger partial charge < -0.3 is 29.9 Å². The maximum atomic E-state index is 14.5. The van der Waals surface area contributed by atoms with Crippen molar-refractivity contribution in [1.29, 1.82) is 0 Å². The summed E-state index contributed by atoms with van der Waals surface area (Å²) in [5.41, 5.74) is -2.39. The highest BCUT2D eigenvalue weighted by atomic mass is 19.4. The number of aliphatic carboxylic acids is 2. The summed E-state index contributed by atoms with van der Waals surface area (Å²) in [6, 6.07) is 19.5. The number of rotatable bonds is 12. The molecule has 4 rings (SSSR count). The van der Waals surface area contributed by atoms with Crippen molar-refractivity contribution in [3.05, 3.63) is 119 Å². The number of carboxylic acids is 2. The number of esters is 1. The molecule has 0 saturated heterocycles. The number of carboxylic acid groups (broad SMARTS) is 2. The molecule has 0 aliphatic heterocycles. The Morgan fingerprint density at radius 3 is 2.04 bits per heavy atom. The highest BCUT2D eigenvalue weighted by Crippen LogP contribution is 2.32. The first-order valence-electron chi connectivity index (χ1n) is 14.5. The van der Waals surface area contributed by atoms with Crippen molar-refractivity contribution in [3.8, 4) is 16.9 Å². The average Bonchev–Trinajstić information content (AvgIpc) is 3.06. The molecule has 0 atom stereocenters. The van der Waals surface area contributed by atoms with Gasteiger partial charge in [-0.2, -0.15) is 0 Å². The molecule has 0 saturated carbocycles. The first kappa shape index (κ1) is 36.6. The molecular formula is C35H28F4N2O9. The minimum absolute atomic E-state index is 0.000532. The molecule has 0 unspecified atom stereocenters. The lowest BCUT2D eigenvalue weighted by Crippen LogP contribution is -2.48. The quantitative estimate of drug-likeness (QED) is 0.0983. The number of amides is 2. The van der Waals surface area contributed by atoms with Gasteiger partial charge in [0.1, 0.15) is 6.61 Å². The largest absolute Gasteiger partial charge is 0.573 e. The fourth-order valence-electron chi connectivity index (χ4n) is 4.90. The van der Waals surface area contributed by atoms with Crippen LogP contribution in [0, 0.1) is 5.82 Å². The minimum Gasteiger partial charge on any atom is -0.480 e. The van der Waals surface area contributed by atoms with Crippen LogP contribution >= 0.6 is 0 Å². The number of hydrogen-bond acceptors (Lipinski definition) is 7. The van der Waals surface area contributed by atoms with Crippen molar-refractivity contribution in [2.24, 2.45) is 0 Å². The van der Waals surface area contributed by atoms with Gasteiger partial charge in [0.15, 0.2) is 11.6 Å². The molecule has 3 N–H and O–H groups in total. The number of carbonyl (C=O) groups is 5. The Bertz CT molecular complexity index is 1930. The molecule has 0 aliphatic rings. The molecule has 15 heteroatoms. The summed E-state index contributed by atoms with van der Waals surface area (Å²) < 4.78 is 61.1. The zero-order valence-corrected chi connectivity index (χ0v) is 26.3. The highest BCUT2D eigenvalue weighted by Gasteiger charge is 2.50. The molecule has 0 bridgehead atoms. The van der Waals surface area contributed by atoms with E-state index in [0.29, 0.717) is 0 Å². The second-order valence-corrected chi connectivity index (χ2v) is 11.0. The molecule has 0 fully saturated rings. The fraction of sp³-hybridized carbons (Fsp3) is 0.171. The Labute approximate surface area is 281 Å². The van der Waals surface area contributed by atoms with Gasteiger partial charge in [0, 0.05) is 19.7 Å². The van der Waals surface area contributed by atoms with Gasteiger partial charge in [-0.05, 0) is 52.6 Å². The van der Waals surface area contributed by atoms with Crippen LogP contribution in [0.2, 0.25) is 0 Å². The molecule has 4 aromatic rings. The van der Waals surface area contributed by atoms with Crippen LogP contribution in [-0.2, 0) is 31.0 Å². The first-order valence-corrected chi connectivity index (χ1v) is 14.5. The number of alkyl halides is 3. The molecule has 4 aromatic carbocycles. The van der Waals surface area contributed by atoms with Crippen LogP contribution in [0.15, 0.2) is 91.0 Å². The van der Waals surface area contributed by atoms with Gasteiger partial charge in [-0.25, -0.2) is 4.39 Å². The maximum absolute atomic E-state index is 14.5. The summed E-state index contributed by atoms with van der Waals surface area (Å²) in [5.74, 6) is -8.23. The van der Waals surface area contributed by atoms with Crippen molar-refractivity contribution < 1.29 is 61.2 Å². The third-order valence-electron chi connectivity index (χ3n) is 7.40. The van der Waals surface area contributed by atoms with E-state index in [0.717, 1.165) is 18.2 Å². The topological polar surface area (TPSA) is 160 Å². The number of hydrogen-bond donors (Lipinski definition) is 3. The molecule has 0 radical (unpaired) electrons. The van der Waals surface area contributed by atoms with Gasteiger partial charge in [0.05, 0.1) is 17.7 Å². The minimum atomic E-state index is -5.12. The van der Waals surface area contributed by atoms with E-state index in [1.165, 1.54) is 85.7 Å². The third kappa shape index (κ3) is 8.24. The highest BCUT2D eigenvalue weighted by molar-refractivity contribution is 6.12. The van der Waals surface area contributed by atoms with E-state index in [4.69, 9.17) is 4.74 Å². The lowest BCUT2D eigenvalue weighted by molar-refractivity contribution is -0.275. The Kier molecular flexibility index (Phi) is 10.9. The standard InChI is InChI=1S/C35H28F4N2O9/c1-41(2)31(44)25-16-20(17-29(42)49-19-34(32(45)46,33(47)48)22-8-4-3-5-9-22)12-14-27(25)40-30(43)24-11-7-6-10-23(24)21-13-15-28(26(36)18-21)50-35(37,38)39/h3-16,18H,17,19H2,1-2H3,(H,40,43)(H,45,46)(H,47,48). The van der Waals surface area contributed by atoms with Gasteiger partial charge in [-0.15, -0.1) is 13.2 Å². The molecule has 0 aromatic heterocycles. The van der Waals surface area contributed by atoms with E-state index in [9.17, 15) is 51.7 Å². The number of ether oxygens (including phenoxy) is 2. The van der Waals surface area contributed by atoms with E-state index in [1.54, 1.807) is 6.07 Å². The van der Waals surface area contributed by atoms with E-state index in [-0.39, 0.29) is 39.1 Å². The molecule has 0 heterocycles. The summed E-state index contributed by atoms with van der Waals surface area (Å²) in [7, 11) is 2.87. The fourth-order valence-corrected chi connectivity index (χ4v) is 4.90. The van der Waals surface area contributed by atoms with Crippen LogP contribution < -0.4 is 10.1 Å². The summed E-state index contributed by atoms with van der Waals surface area (Å²) in [6.45, 7) is -1.03. The van der Waals surface area contributed by atoms with Gasteiger partial charge >= 0.3 is 24.3 Å². The second-order valence-electron chi connectivity index (χ2n) is 11.0. The Morgan fingerprint density at radius 2 is 1.44 bits per heavy atom. The monoisotopic (exact) mass is 696 g/mol. The SMILES string of the molecule is CN(C)C(=O)c1cc(CC(=O)OCC(C(=O)O)(C(=O)O)c2ccccc2)ccc1NC(=O)c1ccccc1-c1ccc(OC(F)(F)F)c(F)c1. The molecule has 50 heavy (non-hydrogen) atoms. The summed E-state index contributed by atoms with van der Waals surface area (Å²) in [5, 5.41) is 22.2. The molecule has 260 valence electrons. The van der Waals surface area contributed by atoms with Gasteiger partial charge in [0.2, 0.25) is 5.41 Å². The molecule has 0 spiro atoms. The van der Waals surface area contributed by atoms with E-state index >= 15 is 0 Å². The molecule has 2 amide bonds. The maximum Gasteiger partial charge on any atom is 0.573 e. The predicted molar refractivity (Wildman–Crippen MR) is 169 cm³/mol. The van der Waals surface area contributed by atoms with Crippen LogP contribution in [0.3, 0.4) is 0 Å². The number of anilines is 1. The summed E-state index contributed by atoms with van der Waals surface area (Å²) in [4.78, 5) is 64.9. The molecular weight excluding hydrogens is 668 g/mol. The van der Waals surface area contributed by atoms with E-state index < -0.39 is 66.1 Å². The van der Waals surface area contributed by atoms with E-state index in [1.807, 2.05) is 0 Å². The van der Waals surface area contributed by atoms with Gasteiger partial charge in [-0.3, -0.25) is 24.0 Å². The second kappa shape index (κ2) is 14.9. The normalized spacial score (nSPS) is 11.3. The zero-order valence-electron chi connectivity index (χ0n) is 26.3. The number of nitrogens with zero attached hydrogens (tertiary/aromatic N) is 1. The first-order chi connectivity index (χ1) is 23.5. The average molecular weight is 697 g/mol. The predicted octanol–water partition coefficient (Wildman–Crippen LogP) is 5.54. The van der Waals surface area contributed by atoms with Crippen LogP contribution in [0.4, 0.5) is 23.2 Å². The number of carbonyl (C=O) groups excluding carboxylic acids is 3. The number of halogens is 4. The summed E-state index contributed by atoms with van der Waals surface area (Å²) in [6.07, 6.45) is -5.62. The molecule has 0 aliphatic carbocycles. The van der Waals surface area contributed by atoms with Crippen LogP contribution in [0.1, 0.15) is 31.8 Å². The van der Waals surface area contributed by atoms with Crippen LogP contribution in [-0.4, -0.2) is 71.9 Å². The smallest absolute Gasteiger partial charge is 0.480 e. The molecule has 11 nitrogen and oxygen atoms in total. The number of benzene rings is 4. The van der Waals surface area contributed by atoms with Crippen molar-refractivity contribution in [1.82, 2.24) is 4.90 Å². The van der Waals surface area contributed by atoms with Crippen LogP contribution in [0.5, 0.6) is 5.75 Å².